The Morgan fingerprint density at radius 2 is 1.97 bits per heavy atom. The molecule has 2 aliphatic rings. The van der Waals surface area contributed by atoms with Crippen molar-refractivity contribution < 1.29 is 22.7 Å². The van der Waals surface area contributed by atoms with Crippen LogP contribution in [0.25, 0.3) is 5.69 Å². The molecule has 0 unspecified atom stereocenters. The summed E-state index contributed by atoms with van der Waals surface area (Å²) in [7, 11) is -3.59. The maximum Gasteiger partial charge on any atom is 0.358 e. The Hall–Kier alpha value is -3.73. The van der Waals surface area contributed by atoms with E-state index in [2.05, 4.69) is 14.8 Å². The molecule has 0 radical (unpaired) electrons. The summed E-state index contributed by atoms with van der Waals surface area (Å²) in [5.41, 5.74) is 1.56. The number of rotatable bonds is 5. The molecule has 2 aromatic rings. The molecule has 4 rings (SSSR count). The number of fused-ring (bicyclic) bond motifs is 1. The van der Waals surface area contributed by atoms with Crippen molar-refractivity contribution in [3.8, 4) is 5.69 Å². The average molecular weight is 441 g/mol. The van der Waals surface area contributed by atoms with Gasteiger partial charge in [0.05, 0.1) is 23.6 Å². The highest BCUT2D eigenvalue weighted by Crippen LogP contribution is 2.20. The van der Waals surface area contributed by atoms with Gasteiger partial charge < -0.3 is 15.0 Å². The zero-order valence-corrected chi connectivity index (χ0v) is 17.4. The first-order chi connectivity index (χ1) is 14.9. The number of ether oxygens (including phenoxy) is 1. The fraction of sp³-hybridized carbons (Fsp3) is 0.200. The van der Waals surface area contributed by atoms with Gasteiger partial charge in [-0.15, -0.1) is 4.40 Å². The van der Waals surface area contributed by atoms with Crippen molar-refractivity contribution in [2.75, 3.05) is 24.2 Å². The number of esters is 1. The molecular weight excluding hydrogens is 422 g/mol. The number of benzene rings is 1. The number of amides is 1. The lowest BCUT2D eigenvalue weighted by molar-refractivity contribution is -0.112. The Morgan fingerprint density at radius 3 is 2.71 bits per heavy atom. The zero-order chi connectivity index (χ0) is 22.0. The smallest absolute Gasteiger partial charge is 0.358 e. The summed E-state index contributed by atoms with van der Waals surface area (Å²) in [5, 5.41) is 6.93. The van der Waals surface area contributed by atoms with Crippen LogP contribution in [0.2, 0.25) is 0 Å². The second-order valence-electron chi connectivity index (χ2n) is 6.68. The molecule has 1 aromatic carbocycles. The molecule has 2 aliphatic heterocycles. The number of sulfonamides is 1. The molecule has 1 amide bonds. The predicted molar refractivity (Wildman–Crippen MR) is 113 cm³/mol. The highest BCUT2D eigenvalue weighted by atomic mass is 32.2. The van der Waals surface area contributed by atoms with E-state index in [1.54, 1.807) is 60.6 Å². The van der Waals surface area contributed by atoms with Crippen LogP contribution in [0.1, 0.15) is 17.4 Å². The van der Waals surface area contributed by atoms with E-state index in [1.807, 2.05) is 0 Å². The van der Waals surface area contributed by atoms with Crippen molar-refractivity contribution in [2.45, 2.75) is 6.92 Å². The van der Waals surface area contributed by atoms with Crippen LogP contribution in [-0.2, 0) is 19.6 Å². The van der Waals surface area contributed by atoms with Gasteiger partial charge in [0.15, 0.2) is 11.5 Å². The van der Waals surface area contributed by atoms with Gasteiger partial charge in [-0.05, 0) is 49.4 Å². The molecule has 0 bridgehead atoms. The lowest BCUT2D eigenvalue weighted by atomic mass is 10.1. The number of hydrogen-bond acceptors (Lipinski definition) is 7. The van der Waals surface area contributed by atoms with Crippen molar-refractivity contribution >= 4 is 33.4 Å². The third-order valence-corrected chi connectivity index (χ3v) is 5.72. The van der Waals surface area contributed by atoms with E-state index in [4.69, 9.17) is 4.74 Å². The van der Waals surface area contributed by atoms with Crippen LogP contribution in [0.5, 0.6) is 0 Å². The molecule has 0 spiro atoms. The fourth-order valence-corrected chi connectivity index (χ4v) is 4.06. The highest BCUT2D eigenvalue weighted by Gasteiger charge is 2.29. The molecule has 0 fully saturated rings. The minimum atomic E-state index is -3.59. The highest BCUT2D eigenvalue weighted by molar-refractivity contribution is 7.90. The minimum Gasteiger partial charge on any atom is -0.461 e. The number of hydrogen-bond donors (Lipinski definition) is 1. The molecule has 31 heavy (non-hydrogen) atoms. The first-order valence-electron chi connectivity index (χ1n) is 9.49. The average Bonchev–Trinajstić information content (AvgIpc) is 3.24. The second-order valence-corrected chi connectivity index (χ2v) is 8.44. The van der Waals surface area contributed by atoms with Crippen molar-refractivity contribution in [3.63, 3.8) is 0 Å². The van der Waals surface area contributed by atoms with E-state index in [1.165, 1.54) is 10.8 Å². The van der Waals surface area contributed by atoms with Crippen LogP contribution in [0, 0.1) is 0 Å². The van der Waals surface area contributed by atoms with Crippen molar-refractivity contribution in [2.24, 2.45) is 4.40 Å². The first-order valence-corrected chi connectivity index (χ1v) is 11.1. The largest absolute Gasteiger partial charge is 0.461 e. The molecule has 3 heterocycles. The predicted octanol–water partition coefficient (Wildman–Crippen LogP) is 1.49. The van der Waals surface area contributed by atoms with Gasteiger partial charge in [-0.25, -0.2) is 17.9 Å². The Bertz CT molecular complexity index is 1220. The second kappa shape index (κ2) is 8.19. The van der Waals surface area contributed by atoms with E-state index >= 15 is 0 Å². The van der Waals surface area contributed by atoms with Crippen LogP contribution in [-0.4, -0.2) is 59.7 Å². The van der Waals surface area contributed by atoms with Gasteiger partial charge in [0.2, 0.25) is 0 Å². The Labute approximate surface area is 178 Å². The lowest BCUT2D eigenvalue weighted by Gasteiger charge is -2.28. The van der Waals surface area contributed by atoms with E-state index in [9.17, 15) is 18.0 Å². The number of aromatic nitrogens is 2. The molecule has 0 saturated heterocycles. The molecule has 10 nitrogen and oxygen atoms in total. The summed E-state index contributed by atoms with van der Waals surface area (Å²) in [5.74, 6) is -0.947. The van der Waals surface area contributed by atoms with Gasteiger partial charge in [-0.1, -0.05) is 0 Å². The van der Waals surface area contributed by atoms with Crippen LogP contribution in [0.3, 0.4) is 0 Å². The third kappa shape index (κ3) is 4.40. The van der Waals surface area contributed by atoms with Crippen LogP contribution in [0.4, 0.5) is 5.69 Å². The number of carbonyl (C=O) groups excluding carboxylic acids is 2. The molecule has 1 N–H and O–H groups in total. The summed E-state index contributed by atoms with van der Waals surface area (Å²) >= 11 is 0. The normalized spacial score (nSPS) is 16.7. The Morgan fingerprint density at radius 1 is 1.19 bits per heavy atom. The fourth-order valence-electron chi connectivity index (χ4n) is 3.07. The standard InChI is InChI=1S/C20H19N5O5S/c1-2-30-20(27)17-9-11-25(22-17)15-7-5-14(6-8-15)21-19(26)16-4-3-10-24-12-13-31(28,29)23-18(16)24/h3-11H,2,12-13H2,1H3,(H,21,26). The van der Waals surface area contributed by atoms with Gasteiger partial charge in [0.25, 0.3) is 15.9 Å². The minimum absolute atomic E-state index is 0.0947. The van der Waals surface area contributed by atoms with Gasteiger partial charge in [-0.2, -0.15) is 5.10 Å². The molecular formula is C20H19N5O5S. The summed E-state index contributed by atoms with van der Waals surface area (Å²) in [4.78, 5) is 26.1. The SMILES string of the molecule is CCOC(=O)c1ccn(-c2ccc(NC(=O)C3=CC=CN4CCS(=O)(=O)N=C34)cc2)n1. The lowest BCUT2D eigenvalue weighted by Crippen LogP contribution is -2.40. The molecule has 0 aliphatic carbocycles. The van der Waals surface area contributed by atoms with Gasteiger partial charge in [-0.3, -0.25) is 4.79 Å². The number of carbonyl (C=O) groups is 2. The summed E-state index contributed by atoms with van der Waals surface area (Å²) in [6.45, 7) is 2.23. The zero-order valence-electron chi connectivity index (χ0n) is 16.6. The van der Waals surface area contributed by atoms with Crippen molar-refractivity contribution in [1.29, 1.82) is 0 Å². The molecule has 0 saturated carbocycles. The number of allylic oxidation sites excluding steroid dienone is 2. The topological polar surface area (TPSA) is 123 Å². The van der Waals surface area contributed by atoms with Gasteiger partial charge >= 0.3 is 5.97 Å². The van der Waals surface area contributed by atoms with Gasteiger partial charge in [0.1, 0.15) is 0 Å². The number of nitrogens with one attached hydrogen (secondary N) is 1. The molecule has 160 valence electrons. The van der Waals surface area contributed by atoms with Crippen molar-refractivity contribution in [1.82, 2.24) is 14.7 Å². The van der Waals surface area contributed by atoms with Crippen LogP contribution >= 0.6 is 0 Å². The maximum absolute atomic E-state index is 12.7. The van der Waals surface area contributed by atoms with Crippen LogP contribution < -0.4 is 5.32 Å². The number of amidine groups is 1. The third-order valence-electron chi connectivity index (χ3n) is 4.57. The van der Waals surface area contributed by atoms with Crippen molar-refractivity contribution in [3.05, 3.63) is 66.1 Å². The van der Waals surface area contributed by atoms with E-state index in [0.717, 1.165) is 0 Å². The van der Waals surface area contributed by atoms with Crippen LogP contribution in [0.15, 0.2) is 64.9 Å². The monoisotopic (exact) mass is 441 g/mol. The quantitative estimate of drug-likeness (QED) is 0.697. The van der Waals surface area contributed by atoms with E-state index in [-0.39, 0.29) is 36.0 Å². The summed E-state index contributed by atoms with van der Waals surface area (Å²) in [6.07, 6.45) is 6.53. The van der Waals surface area contributed by atoms with Gasteiger partial charge in [0, 0.05) is 24.6 Å². The summed E-state index contributed by atoms with van der Waals surface area (Å²) in [6, 6.07) is 8.36. The Balaban J connectivity index is 1.49. The Kier molecular flexibility index (Phi) is 5.42. The number of anilines is 1. The van der Waals surface area contributed by atoms with E-state index in [0.29, 0.717) is 11.4 Å². The summed E-state index contributed by atoms with van der Waals surface area (Å²) < 4.78 is 33.9. The molecule has 1 aromatic heterocycles. The first kappa shape index (κ1) is 20.5. The maximum atomic E-state index is 12.7. The number of nitrogens with zero attached hydrogens (tertiary/aromatic N) is 4. The molecule has 0 atom stereocenters. The van der Waals surface area contributed by atoms with E-state index < -0.39 is 21.9 Å². The molecule has 11 heteroatoms.